The molecule has 24 heavy (non-hydrogen) atoms. The summed E-state index contributed by atoms with van der Waals surface area (Å²) >= 11 is 0. The van der Waals surface area contributed by atoms with Crippen molar-refractivity contribution in [3.05, 3.63) is 36.2 Å². The van der Waals surface area contributed by atoms with Crippen molar-refractivity contribution in [2.24, 2.45) is 0 Å². The summed E-state index contributed by atoms with van der Waals surface area (Å²) in [5, 5.41) is 5.88. The fraction of sp³-hybridized carbons (Fsp3) is 0.444. The molecule has 2 aromatic rings. The highest BCUT2D eigenvalue weighted by atomic mass is 16.5. The number of nitrogens with one attached hydrogen (secondary N) is 2. The maximum atomic E-state index is 11.8. The second-order valence-corrected chi connectivity index (χ2v) is 6.00. The van der Waals surface area contributed by atoms with Crippen LogP contribution in [0.5, 0.6) is 5.75 Å². The lowest BCUT2D eigenvalue weighted by Gasteiger charge is -2.12. The number of carbonyl (C=O) groups is 1. The van der Waals surface area contributed by atoms with E-state index in [0.29, 0.717) is 24.9 Å². The largest absolute Gasteiger partial charge is 0.497 e. The first-order valence-corrected chi connectivity index (χ1v) is 8.38. The van der Waals surface area contributed by atoms with Gasteiger partial charge in [-0.05, 0) is 37.1 Å². The van der Waals surface area contributed by atoms with E-state index in [0.717, 1.165) is 29.8 Å². The van der Waals surface area contributed by atoms with Crippen LogP contribution in [-0.4, -0.2) is 30.7 Å². The van der Waals surface area contributed by atoms with Gasteiger partial charge in [-0.25, -0.2) is 9.78 Å². The summed E-state index contributed by atoms with van der Waals surface area (Å²) < 4.78 is 10.6. The van der Waals surface area contributed by atoms with Crippen molar-refractivity contribution in [3.8, 4) is 17.2 Å². The number of carbonyl (C=O) groups excluding carboxylic acids is 1. The average Bonchev–Trinajstić information content (AvgIpc) is 3.27. The van der Waals surface area contributed by atoms with Gasteiger partial charge in [0.05, 0.1) is 12.8 Å². The fourth-order valence-electron chi connectivity index (χ4n) is 2.90. The van der Waals surface area contributed by atoms with Gasteiger partial charge >= 0.3 is 6.03 Å². The number of oxazole rings is 1. The topological polar surface area (TPSA) is 76.4 Å². The number of methoxy groups -OCH3 is 1. The predicted molar refractivity (Wildman–Crippen MR) is 91.0 cm³/mol. The van der Waals surface area contributed by atoms with Gasteiger partial charge in [0.25, 0.3) is 0 Å². The monoisotopic (exact) mass is 329 g/mol. The maximum absolute atomic E-state index is 11.8. The first-order valence-electron chi connectivity index (χ1n) is 8.38. The van der Waals surface area contributed by atoms with E-state index in [1.54, 1.807) is 13.4 Å². The molecule has 2 amide bonds. The summed E-state index contributed by atoms with van der Waals surface area (Å²) in [5.74, 6) is 1.37. The Labute approximate surface area is 141 Å². The Morgan fingerprint density at radius 3 is 2.75 bits per heavy atom. The molecule has 0 radical (unpaired) electrons. The van der Waals surface area contributed by atoms with Crippen LogP contribution in [-0.2, 0) is 6.42 Å². The van der Waals surface area contributed by atoms with E-state index in [-0.39, 0.29) is 6.03 Å². The van der Waals surface area contributed by atoms with E-state index < -0.39 is 0 Å². The minimum Gasteiger partial charge on any atom is -0.497 e. The van der Waals surface area contributed by atoms with Crippen molar-refractivity contribution < 1.29 is 13.9 Å². The molecule has 1 aromatic carbocycles. The molecule has 1 heterocycles. The Balaban J connectivity index is 1.46. The van der Waals surface area contributed by atoms with E-state index in [1.165, 1.54) is 12.8 Å². The van der Waals surface area contributed by atoms with Gasteiger partial charge in [-0.1, -0.05) is 12.8 Å². The van der Waals surface area contributed by atoms with Gasteiger partial charge in [0.15, 0.2) is 0 Å². The second kappa shape index (κ2) is 7.86. The SMILES string of the molecule is COc1ccc(-c2nc(CCNC(=O)NC3CCCC3)co2)cc1. The number of hydrogen-bond donors (Lipinski definition) is 2. The van der Waals surface area contributed by atoms with Gasteiger partial charge in [-0.3, -0.25) is 0 Å². The average molecular weight is 329 g/mol. The molecule has 128 valence electrons. The van der Waals surface area contributed by atoms with Crippen molar-refractivity contribution in [1.82, 2.24) is 15.6 Å². The lowest BCUT2D eigenvalue weighted by Crippen LogP contribution is -2.41. The number of amides is 2. The number of benzene rings is 1. The highest BCUT2D eigenvalue weighted by Gasteiger charge is 2.16. The van der Waals surface area contributed by atoms with Crippen LogP contribution in [0.25, 0.3) is 11.5 Å². The molecule has 6 nitrogen and oxygen atoms in total. The molecular weight excluding hydrogens is 306 g/mol. The lowest BCUT2D eigenvalue weighted by molar-refractivity contribution is 0.237. The van der Waals surface area contributed by atoms with Gasteiger partial charge in [0, 0.05) is 24.6 Å². The number of hydrogen-bond acceptors (Lipinski definition) is 4. The Kier molecular flexibility index (Phi) is 5.36. The first-order chi connectivity index (χ1) is 11.7. The minimum absolute atomic E-state index is 0.0965. The third kappa shape index (κ3) is 4.28. The number of nitrogens with zero attached hydrogens (tertiary/aromatic N) is 1. The number of rotatable bonds is 6. The van der Waals surface area contributed by atoms with Crippen LogP contribution in [0.15, 0.2) is 34.9 Å². The predicted octanol–water partition coefficient (Wildman–Crippen LogP) is 3.13. The summed E-state index contributed by atoms with van der Waals surface area (Å²) in [5.41, 5.74) is 1.72. The Morgan fingerprint density at radius 2 is 2.04 bits per heavy atom. The Hall–Kier alpha value is -2.50. The highest BCUT2D eigenvalue weighted by Crippen LogP contribution is 2.21. The molecule has 0 atom stereocenters. The van der Waals surface area contributed by atoms with Gasteiger partial charge in [-0.2, -0.15) is 0 Å². The molecule has 0 saturated heterocycles. The van der Waals surface area contributed by atoms with Crippen LogP contribution in [0.3, 0.4) is 0 Å². The highest BCUT2D eigenvalue weighted by molar-refractivity contribution is 5.74. The summed E-state index contributed by atoms with van der Waals surface area (Å²) in [6, 6.07) is 7.78. The molecule has 0 bridgehead atoms. The third-order valence-electron chi connectivity index (χ3n) is 4.25. The van der Waals surface area contributed by atoms with Crippen molar-refractivity contribution >= 4 is 6.03 Å². The lowest BCUT2D eigenvalue weighted by atomic mass is 10.2. The number of ether oxygens (including phenoxy) is 1. The van der Waals surface area contributed by atoms with Crippen molar-refractivity contribution in [1.29, 1.82) is 0 Å². The zero-order valence-electron chi connectivity index (χ0n) is 13.9. The Morgan fingerprint density at radius 1 is 1.29 bits per heavy atom. The van der Waals surface area contributed by atoms with Crippen molar-refractivity contribution in [3.63, 3.8) is 0 Å². The molecular formula is C18H23N3O3. The van der Waals surface area contributed by atoms with Crippen molar-refractivity contribution in [2.45, 2.75) is 38.1 Å². The number of urea groups is 1. The van der Waals surface area contributed by atoms with Gasteiger partial charge in [0.2, 0.25) is 5.89 Å². The Bertz CT molecular complexity index is 660. The van der Waals surface area contributed by atoms with E-state index in [4.69, 9.17) is 9.15 Å². The molecule has 3 rings (SSSR count). The smallest absolute Gasteiger partial charge is 0.315 e. The van der Waals surface area contributed by atoms with Crippen molar-refractivity contribution in [2.75, 3.05) is 13.7 Å². The molecule has 2 N–H and O–H groups in total. The van der Waals surface area contributed by atoms with E-state index in [1.807, 2.05) is 24.3 Å². The minimum atomic E-state index is -0.0965. The number of aromatic nitrogens is 1. The summed E-state index contributed by atoms with van der Waals surface area (Å²) in [4.78, 5) is 16.3. The van der Waals surface area contributed by atoms with E-state index >= 15 is 0 Å². The quantitative estimate of drug-likeness (QED) is 0.853. The molecule has 6 heteroatoms. The molecule has 0 aliphatic heterocycles. The molecule has 1 saturated carbocycles. The molecule has 1 fully saturated rings. The molecule has 1 aliphatic rings. The van der Waals surface area contributed by atoms with Crippen LogP contribution in [0, 0.1) is 0 Å². The summed E-state index contributed by atoms with van der Waals surface area (Å²) in [6.07, 6.45) is 6.85. The van der Waals surface area contributed by atoms with E-state index in [9.17, 15) is 4.79 Å². The molecule has 1 aliphatic carbocycles. The maximum Gasteiger partial charge on any atom is 0.315 e. The van der Waals surface area contributed by atoms with Crippen LogP contribution < -0.4 is 15.4 Å². The summed E-state index contributed by atoms with van der Waals surface area (Å²) in [6.45, 7) is 0.535. The van der Waals surface area contributed by atoms with Crippen LogP contribution in [0.2, 0.25) is 0 Å². The van der Waals surface area contributed by atoms with Crippen LogP contribution in [0.1, 0.15) is 31.4 Å². The molecule has 0 spiro atoms. The molecule has 0 unspecified atom stereocenters. The zero-order chi connectivity index (χ0) is 16.8. The van der Waals surface area contributed by atoms with Crippen LogP contribution >= 0.6 is 0 Å². The normalized spacial score (nSPS) is 14.5. The zero-order valence-corrected chi connectivity index (χ0v) is 13.9. The summed E-state index contributed by atoms with van der Waals surface area (Å²) in [7, 11) is 1.63. The van der Waals surface area contributed by atoms with Gasteiger partial charge in [0.1, 0.15) is 12.0 Å². The van der Waals surface area contributed by atoms with Gasteiger partial charge in [-0.15, -0.1) is 0 Å². The first kappa shape index (κ1) is 16.4. The standard InChI is InChI=1S/C18H23N3O3/c1-23-16-8-6-13(7-9-16)17-20-15(12-24-17)10-11-19-18(22)21-14-4-2-3-5-14/h6-9,12,14H,2-5,10-11H2,1H3,(H2,19,21,22). The van der Waals surface area contributed by atoms with Crippen LogP contribution in [0.4, 0.5) is 4.79 Å². The third-order valence-corrected chi connectivity index (χ3v) is 4.25. The second-order valence-electron chi connectivity index (χ2n) is 6.00. The van der Waals surface area contributed by atoms with Gasteiger partial charge < -0.3 is 19.8 Å². The fourth-order valence-corrected chi connectivity index (χ4v) is 2.90. The van der Waals surface area contributed by atoms with E-state index in [2.05, 4.69) is 15.6 Å². The molecule has 1 aromatic heterocycles.